The molecule has 0 spiro atoms. The number of benzene rings is 2. The van der Waals surface area contributed by atoms with Gasteiger partial charge in [-0.1, -0.05) is 30.3 Å². The van der Waals surface area contributed by atoms with Gasteiger partial charge in [-0.25, -0.2) is 0 Å². The van der Waals surface area contributed by atoms with Gasteiger partial charge in [0, 0.05) is 22.5 Å². The highest BCUT2D eigenvalue weighted by atomic mass is 16.5. The summed E-state index contributed by atoms with van der Waals surface area (Å²) in [4.78, 5) is 4.46. The summed E-state index contributed by atoms with van der Waals surface area (Å²) in [5.41, 5.74) is 2.11. The van der Waals surface area contributed by atoms with Crippen LogP contribution in [-0.4, -0.2) is 19.2 Å². The molecular weight excluding hydrogens is 276 g/mol. The smallest absolute Gasteiger partial charge is 0.161 e. The van der Waals surface area contributed by atoms with Gasteiger partial charge in [0.25, 0.3) is 0 Å². The van der Waals surface area contributed by atoms with Crippen LogP contribution in [0.15, 0.2) is 48.7 Å². The summed E-state index contributed by atoms with van der Waals surface area (Å²) in [5.74, 6) is 1.21. The molecule has 0 unspecified atom stereocenters. The third-order valence-electron chi connectivity index (χ3n) is 3.55. The predicted octanol–water partition coefficient (Wildman–Crippen LogP) is 3.79. The summed E-state index contributed by atoms with van der Waals surface area (Å²) in [5, 5.41) is 11.2. The van der Waals surface area contributed by atoms with Crippen LogP contribution >= 0.6 is 0 Å². The number of hydrogen-bond donors (Lipinski definition) is 0. The minimum Gasteiger partial charge on any atom is -0.493 e. The van der Waals surface area contributed by atoms with E-state index >= 15 is 0 Å². The van der Waals surface area contributed by atoms with Crippen LogP contribution in [0.3, 0.4) is 0 Å². The lowest BCUT2D eigenvalue weighted by Crippen LogP contribution is -1.95. The second-order valence-electron chi connectivity index (χ2n) is 4.75. The van der Waals surface area contributed by atoms with E-state index in [1.54, 1.807) is 20.4 Å². The van der Waals surface area contributed by atoms with Gasteiger partial charge in [0.05, 0.1) is 25.5 Å². The van der Waals surface area contributed by atoms with Crippen molar-refractivity contribution in [3.63, 3.8) is 0 Å². The summed E-state index contributed by atoms with van der Waals surface area (Å²) in [6.07, 6.45) is 1.75. The lowest BCUT2D eigenvalue weighted by Gasteiger charge is -2.11. The average molecular weight is 290 g/mol. The van der Waals surface area contributed by atoms with Crippen LogP contribution in [0.25, 0.3) is 22.0 Å². The monoisotopic (exact) mass is 290 g/mol. The molecule has 0 radical (unpaired) electrons. The Kier molecular flexibility index (Phi) is 3.63. The van der Waals surface area contributed by atoms with Gasteiger partial charge in [-0.2, -0.15) is 5.26 Å². The SMILES string of the molecule is COc1cc2cnc(-c3ccccc3)c(C#N)c2cc1OC. The maximum atomic E-state index is 9.61. The first-order valence-electron chi connectivity index (χ1n) is 6.78. The van der Waals surface area contributed by atoms with Gasteiger partial charge >= 0.3 is 0 Å². The van der Waals surface area contributed by atoms with Crippen molar-refractivity contribution in [2.24, 2.45) is 0 Å². The van der Waals surface area contributed by atoms with Crippen molar-refractivity contribution >= 4 is 10.8 Å². The lowest BCUT2D eigenvalue weighted by molar-refractivity contribution is 0.356. The van der Waals surface area contributed by atoms with E-state index < -0.39 is 0 Å². The van der Waals surface area contributed by atoms with E-state index in [1.165, 1.54) is 0 Å². The highest BCUT2D eigenvalue weighted by Gasteiger charge is 2.14. The molecule has 108 valence electrons. The molecule has 0 atom stereocenters. The lowest BCUT2D eigenvalue weighted by atomic mass is 10.0. The Balaban J connectivity index is 2.32. The molecule has 1 heterocycles. The highest BCUT2D eigenvalue weighted by Crippen LogP contribution is 2.35. The van der Waals surface area contributed by atoms with Crippen LogP contribution < -0.4 is 9.47 Å². The van der Waals surface area contributed by atoms with E-state index in [1.807, 2.05) is 42.5 Å². The van der Waals surface area contributed by atoms with Gasteiger partial charge in [-0.3, -0.25) is 4.98 Å². The molecule has 4 heteroatoms. The average Bonchev–Trinajstić information content (AvgIpc) is 2.60. The van der Waals surface area contributed by atoms with E-state index in [2.05, 4.69) is 11.1 Å². The van der Waals surface area contributed by atoms with Gasteiger partial charge in [0.1, 0.15) is 6.07 Å². The third kappa shape index (κ3) is 2.23. The maximum Gasteiger partial charge on any atom is 0.161 e. The summed E-state index contributed by atoms with van der Waals surface area (Å²) < 4.78 is 10.6. The molecule has 4 nitrogen and oxygen atoms in total. The van der Waals surface area contributed by atoms with Crippen LogP contribution in [0.1, 0.15) is 5.56 Å². The number of aromatic nitrogens is 1. The van der Waals surface area contributed by atoms with Crippen molar-refractivity contribution in [2.45, 2.75) is 0 Å². The fraction of sp³-hybridized carbons (Fsp3) is 0.111. The van der Waals surface area contributed by atoms with Crippen molar-refractivity contribution in [1.82, 2.24) is 4.98 Å². The second kappa shape index (κ2) is 5.74. The van der Waals surface area contributed by atoms with Crippen LogP contribution in [0.5, 0.6) is 11.5 Å². The van der Waals surface area contributed by atoms with Gasteiger partial charge < -0.3 is 9.47 Å². The molecule has 0 aliphatic carbocycles. The molecule has 0 fully saturated rings. The van der Waals surface area contributed by atoms with Gasteiger partial charge in [0.15, 0.2) is 11.5 Å². The zero-order valence-electron chi connectivity index (χ0n) is 12.3. The number of nitrogens with zero attached hydrogens (tertiary/aromatic N) is 2. The van der Waals surface area contributed by atoms with Crippen LogP contribution in [0.2, 0.25) is 0 Å². The predicted molar refractivity (Wildman–Crippen MR) is 85.0 cm³/mol. The van der Waals surface area contributed by atoms with Crippen molar-refractivity contribution in [3.05, 3.63) is 54.2 Å². The van der Waals surface area contributed by atoms with Crippen LogP contribution in [-0.2, 0) is 0 Å². The van der Waals surface area contributed by atoms with E-state index in [0.29, 0.717) is 22.8 Å². The quantitative estimate of drug-likeness (QED) is 0.736. The Labute approximate surface area is 128 Å². The molecule has 0 amide bonds. The Morgan fingerprint density at radius 1 is 1.00 bits per heavy atom. The Morgan fingerprint density at radius 3 is 2.32 bits per heavy atom. The second-order valence-corrected chi connectivity index (χ2v) is 4.75. The van der Waals surface area contributed by atoms with Gasteiger partial charge in [0.2, 0.25) is 0 Å². The third-order valence-corrected chi connectivity index (χ3v) is 3.55. The molecule has 3 rings (SSSR count). The molecule has 3 aromatic rings. The standard InChI is InChI=1S/C18H14N2O2/c1-21-16-8-13-11-20-18(12-6-4-3-5-7-12)15(10-19)14(13)9-17(16)22-2/h3-9,11H,1-2H3. The molecule has 0 aliphatic rings. The molecule has 0 bridgehead atoms. The minimum absolute atomic E-state index is 0.532. The summed E-state index contributed by atoms with van der Waals surface area (Å²) in [6.45, 7) is 0. The Bertz CT molecular complexity index is 868. The van der Waals surface area contributed by atoms with Gasteiger partial charge in [-0.15, -0.1) is 0 Å². The summed E-state index contributed by atoms with van der Waals surface area (Å²) in [6, 6.07) is 15.6. The van der Waals surface area contributed by atoms with Gasteiger partial charge in [-0.05, 0) is 12.1 Å². The first-order chi connectivity index (χ1) is 10.8. The molecule has 1 aromatic heterocycles. The van der Waals surface area contributed by atoms with Crippen LogP contribution in [0.4, 0.5) is 0 Å². The number of rotatable bonds is 3. The number of pyridine rings is 1. The fourth-order valence-electron chi connectivity index (χ4n) is 2.47. The summed E-state index contributed by atoms with van der Waals surface area (Å²) >= 11 is 0. The highest BCUT2D eigenvalue weighted by molar-refractivity contribution is 5.94. The first kappa shape index (κ1) is 13.9. The zero-order chi connectivity index (χ0) is 15.5. The normalized spacial score (nSPS) is 10.2. The molecule has 22 heavy (non-hydrogen) atoms. The minimum atomic E-state index is 0.532. The van der Waals surface area contributed by atoms with Crippen LogP contribution in [0, 0.1) is 11.3 Å². The molecule has 0 aliphatic heterocycles. The van der Waals surface area contributed by atoms with E-state index in [4.69, 9.17) is 9.47 Å². The van der Waals surface area contributed by atoms with Crippen molar-refractivity contribution in [2.75, 3.05) is 14.2 Å². The van der Waals surface area contributed by atoms with E-state index in [0.717, 1.165) is 16.3 Å². The molecule has 0 saturated carbocycles. The fourth-order valence-corrected chi connectivity index (χ4v) is 2.47. The topological polar surface area (TPSA) is 55.1 Å². The number of hydrogen-bond acceptors (Lipinski definition) is 4. The largest absolute Gasteiger partial charge is 0.493 e. The van der Waals surface area contributed by atoms with Crippen molar-refractivity contribution in [1.29, 1.82) is 5.26 Å². The molecule has 2 aromatic carbocycles. The molecule has 0 N–H and O–H groups in total. The van der Waals surface area contributed by atoms with Crippen molar-refractivity contribution < 1.29 is 9.47 Å². The maximum absolute atomic E-state index is 9.61. The van der Waals surface area contributed by atoms with E-state index in [-0.39, 0.29) is 0 Å². The summed E-state index contributed by atoms with van der Waals surface area (Å²) in [7, 11) is 3.16. The number of fused-ring (bicyclic) bond motifs is 1. The Morgan fingerprint density at radius 2 is 1.68 bits per heavy atom. The number of methoxy groups -OCH3 is 2. The molecule has 0 saturated heterocycles. The molecular formula is C18H14N2O2. The Hall–Kier alpha value is -3.06. The number of ether oxygens (including phenoxy) is 2. The van der Waals surface area contributed by atoms with Crippen molar-refractivity contribution in [3.8, 4) is 28.8 Å². The number of nitriles is 1. The van der Waals surface area contributed by atoms with E-state index in [9.17, 15) is 5.26 Å². The first-order valence-corrected chi connectivity index (χ1v) is 6.78. The zero-order valence-corrected chi connectivity index (χ0v) is 12.3.